The number of hydrazine groups is 1. The van der Waals surface area contributed by atoms with Crippen LogP contribution in [0.3, 0.4) is 0 Å². The highest BCUT2D eigenvalue weighted by atomic mass is 35.5. The number of rotatable bonds is 2. The van der Waals surface area contributed by atoms with Gasteiger partial charge < -0.3 is 15.9 Å². The molecule has 3 N–H and O–H groups in total. The number of hydrogen-bond acceptors (Lipinski definition) is 5. The van der Waals surface area contributed by atoms with E-state index in [1.54, 1.807) is 6.07 Å². The molecule has 0 bridgehead atoms. The summed E-state index contributed by atoms with van der Waals surface area (Å²) in [5.74, 6) is 0.785. The number of nitrogen functional groups attached to an aromatic ring is 1. The zero-order valence-electron chi connectivity index (χ0n) is 8.54. The van der Waals surface area contributed by atoms with Crippen molar-refractivity contribution >= 4 is 34.8 Å². The number of nitrogens with two attached hydrogens (primary N) is 1. The van der Waals surface area contributed by atoms with E-state index < -0.39 is 0 Å². The third kappa shape index (κ3) is 2.68. The average molecular weight is 263 g/mol. The lowest BCUT2D eigenvalue weighted by Gasteiger charge is -2.27. The maximum atomic E-state index is 6.00. The van der Waals surface area contributed by atoms with Crippen LogP contribution in [0.1, 0.15) is 0 Å². The van der Waals surface area contributed by atoms with Crippen LogP contribution in [0.15, 0.2) is 6.07 Å². The number of nitrogens with one attached hydrogen (secondary N) is 1. The van der Waals surface area contributed by atoms with Crippen molar-refractivity contribution in [3.63, 3.8) is 0 Å². The maximum Gasteiger partial charge on any atom is 0.161 e. The number of anilines is 2. The van der Waals surface area contributed by atoms with Crippen LogP contribution >= 0.6 is 23.2 Å². The third-order valence-corrected chi connectivity index (χ3v) is 2.82. The summed E-state index contributed by atoms with van der Waals surface area (Å²) < 4.78 is 5.23. The highest BCUT2D eigenvalue weighted by Gasteiger charge is 2.13. The molecule has 1 saturated heterocycles. The van der Waals surface area contributed by atoms with E-state index in [4.69, 9.17) is 33.7 Å². The van der Waals surface area contributed by atoms with Crippen molar-refractivity contribution in [1.29, 1.82) is 0 Å². The molecule has 0 amide bonds. The number of morpholine rings is 1. The van der Waals surface area contributed by atoms with E-state index in [0.717, 1.165) is 13.1 Å². The molecule has 0 spiro atoms. The van der Waals surface area contributed by atoms with Gasteiger partial charge >= 0.3 is 0 Å². The molecule has 0 saturated carbocycles. The van der Waals surface area contributed by atoms with E-state index >= 15 is 0 Å². The lowest BCUT2D eigenvalue weighted by Crippen LogP contribution is -2.40. The number of aromatic nitrogens is 1. The smallest absolute Gasteiger partial charge is 0.161 e. The first-order valence-electron chi connectivity index (χ1n) is 4.87. The molecule has 5 nitrogen and oxygen atoms in total. The van der Waals surface area contributed by atoms with Gasteiger partial charge in [0.2, 0.25) is 0 Å². The normalized spacial score (nSPS) is 17.4. The Kier molecular flexibility index (Phi) is 3.70. The van der Waals surface area contributed by atoms with Crippen molar-refractivity contribution in [3.05, 3.63) is 16.1 Å². The Bertz CT molecular complexity index is 382. The van der Waals surface area contributed by atoms with Crippen molar-refractivity contribution in [2.75, 3.05) is 37.5 Å². The minimum Gasteiger partial charge on any atom is -0.382 e. The van der Waals surface area contributed by atoms with Crippen molar-refractivity contribution < 1.29 is 4.74 Å². The summed E-state index contributed by atoms with van der Waals surface area (Å²) in [6.07, 6.45) is 0. The first-order chi connectivity index (χ1) is 7.66. The molecule has 0 aliphatic carbocycles. The summed E-state index contributed by atoms with van der Waals surface area (Å²) in [5.41, 5.74) is 8.70. The summed E-state index contributed by atoms with van der Waals surface area (Å²) >= 11 is 11.8. The quantitative estimate of drug-likeness (QED) is 0.849. The van der Waals surface area contributed by atoms with Crippen molar-refractivity contribution in [2.45, 2.75) is 0 Å². The van der Waals surface area contributed by atoms with Gasteiger partial charge in [0.15, 0.2) is 5.82 Å². The summed E-state index contributed by atoms with van der Waals surface area (Å²) in [6, 6.07) is 1.58. The molecule has 0 aromatic carbocycles. The van der Waals surface area contributed by atoms with Gasteiger partial charge in [-0.3, -0.25) is 0 Å². The number of ether oxygens (including phenoxy) is 1. The summed E-state index contributed by atoms with van der Waals surface area (Å²) in [7, 11) is 0. The molecule has 1 aliphatic rings. The van der Waals surface area contributed by atoms with Crippen LogP contribution in [0.2, 0.25) is 10.0 Å². The molecule has 2 heterocycles. The van der Waals surface area contributed by atoms with Crippen molar-refractivity contribution in [3.8, 4) is 0 Å². The summed E-state index contributed by atoms with van der Waals surface area (Å²) in [5, 5.41) is 2.79. The standard InChI is InChI=1S/C9H12Cl2N4O/c10-6-5-7(11)9(13-8(6)12)14-15-1-3-16-4-2-15/h5H,1-4H2,(H3,12,13,14). The molecule has 0 atom stereocenters. The van der Waals surface area contributed by atoms with E-state index in [1.807, 2.05) is 5.01 Å². The summed E-state index contributed by atoms with van der Waals surface area (Å²) in [6.45, 7) is 2.93. The van der Waals surface area contributed by atoms with Crippen LogP contribution in [-0.2, 0) is 4.74 Å². The van der Waals surface area contributed by atoms with Gasteiger partial charge in [0.05, 0.1) is 23.3 Å². The van der Waals surface area contributed by atoms with E-state index in [9.17, 15) is 0 Å². The number of halogens is 2. The van der Waals surface area contributed by atoms with Gasteiger partial charge in [-0.15, -0.1) is 0 Å². The van der Waals surface area contributed by atoms with Gasteiger partial charge in [0.1, 0.15) is 5.82 Å². The fraction of sp³-hybridized carbons (Fsp3) is 0.444. The summed E-state index contributed by atoms with van der Waals surface area (Å²) in [4.78, 5) is 4.09. The molecular weight excluding hydrogens is 251 g/mol. The first-order valence-corrected chi connectivity index (χ1v) is 5.63. The number of nitrogens with zero attached hydrogens (tertiary/aromatic N) is 2. The van der Waals surface area contributed by atoms with Gasteiger partial charge in [-0.05, 0) is 6.07 Å². The van der Waals surface area contributed by atoms with Crippen LogP contribution < -0.4 is 11.2 Å². The molecule has 1 aromatic heterocycles. The Morgan fingerprint density at radius 1 is 1.31 bits per heavy atom. The molecule has 0 radical (unpaired) electrons. The molecular formula is C9H12Cl2N4O. The predicted octanol–water partition coefficient (Wildman–Crippen LogP) is 1.63. The van der Waals surface area contributed by atoms with Crippen molar-refractivity contribution in [1.82, 2.24) is 9.99 Å². The van der Waals surface area contributed by atoms with E-state index in [-0.39, 0.29) is 5.82 Å². The van der Waals surface area contributed by atoms with Gasteiger partial charge in [0.25, 0.3) is 0 Å². The average Bonchev–Trinajstić information content (AvgIpc) is 2.27. The largest absolute Gasteiger partial charge is 0.382 e. The fourth-order valence-corrected chi connectivity index (χ4v) is 1.78. The van der Waals surface area contributed by atoms with E-state index in [2.05, 4.69) is 10.4 Å². The van der Waals surface area contributed by atoms with Crippen molar-refractivity contribution in [2.24, 2.45) is 0 Å². The first kappa shape index (κ1) is 11.7. The predicted molar refractivity (Wildman–Crippen MR) is 64.7 cm³/mol. The van der Waals surface area contributed by atoms with Crippen LogP contribution in [0.4, 0.5) is 11.6 Å². The van der Waals surface area contributed by atoms with Crippen LogP contribution in [-0.4, -0.2) is 36.3 Å². The molecule has 2 rings (SSSR count). The highest BCUT2D eigenvalue weighted by molar-refractivity contribution is 6.37. The second-order valence-corrected chi connectivity index (χ2v) is 4.21. The lowest BCUT2D eigenvalue weighted by molar-refractivity contribution is 0.0495. The third-order valence-electron chi connectivity index (χ3n) is 2.23. The maximum absolute atomic E-state index is 6.00. The molecule has 1 aliphatic heterocycles. The Balaban J connectivity index is 2.11. The Morgan fingerprint density at radius 2 is 2.00 bits per heavy atom. The van der Waals surface area contributed by atoms with E-state index in [1.165, 1.54) is 0 Å². The topological polar surface area (TPSA) is 63.4 Å². The second kappa shape index (κ2) is 5.05. The minimum absolute atomic E-state index is 0.266. The van der Waals surface area contributed by atoms with Gasteiger partial charge in [-0.1, -0.05) is 23.2 Å². The minimum atomic E-state index is 0.266. The molecule has 1 fully saturated rings. The van der Waals surface area contributed by atoms with Gasteiger partial charge in [-0.25, -0.2) is 9.99 Å². The Morgan fingerprint density at radius 3 is 2.69 bits per heavy atom. The zero-order valence-corrected chi connectivity index (χ0v) is 10.1. The molecule has 16 heavy (non-hydrogen) atoms. The highest BCUT2D eigenvalue weighted by Crippen LogP contribution is 2.27. The molecule has 7 heteroatoms. The second-order valence-electron chi connectivity index (χ2n) is 3.40. The lowest BCUT2D eigenvalue weighted by atomic mass is 10.4. The van der Waals surface area contributed by atoms with Crippen LogP contribution in [0, 0.1) is 0 Å². The van der Waals surface area contributed by atoms with E-state index in [0.29, 0.717) is 29.1 Å². The number of hydrogen-bond donors (Lipinski definition) is 2. The molecule has 88 valence electrons. The Labute approximate surface area is 103 Å². The van der Waals surface area contributed by atoms with Crippen LogP contribution in [0.5, 0.6) is 0 Å². The Hall–Kier alpha value is -0.750. The number of pyridine rings is 1. The monoisotopic (exact) mass is 262 g/mol. The fourth-order valence-electron chi connectivity index (χ4n) is 1.38. The molecule has 1 aromatic rings. The van der Waals surface area contributed by atoms with Crippen LogP contribution in [0.25, 0.3) is 0 Å². The SMILES string of the molecule is Nc1nc(NN2CCOCC2)c(Cl)cc1Cl. The zero-order chi connectivity index (χ0) is 11.5. The van der Waals surface area contributed by atoms with Gasteiger partial charge in [0, 0.05) is 13.1 Å². The molecule has 0 unspecified atom stereocenters. The van der Waals surface area contributed by atoms with Gasteiger partial charge in [-0.2, -0.15) is 0 Å².